The van der Waals surface area contributed by atoms with Crippen molar-refractivity contribution in [1.29, 1.82) is 0 Å². The number of nitrogens with one attached hydrogen (secondary N) is 2. The highest BCUT2D eigenvalue weighted by Gasteiger charge is 2.35. The van der Waals surface area contributed by atoms with Gasteiger partial charge < -0.3 is 25.4 Å². The van der Waals surface area contributed by atoms with Gasteiger partial charge in [0.15, 0.2) is 0 Å². The molecular weight excluding hydrogens is 322 g/mol. The number of nitrogens with zero attached hydrogens (tertiary/aromatic N) is 1. The Labute approximate surface area is 147 Å². The van der Waals surface area contributed by atoms with Gasteiger partial charge in [-0.3, -0.25) is 4.79 Å². The average molecular weight is 347 g/mol. The van der Waals surface area contributed by atoms with Gasteiger partial charge in [-0.25, -0.2) is 4.79 Å². The number of β-amino-alcohol motifs (C(OH)–C–C–N with tert-alkyl or cyclic N) is 1. The number of benzene rings is 1. The molecule has 3 amide bonds. The van der Waals surface area contributed by atoms with Crippen LogP contribution in [0.15, 0.2) is 18.2 Å². The van der Waals surface area contributed by atoms with Gasteiger partial charge >= 0.3 is 6.03 Å². The van der Waals surface area contributed by atoms with Crippen LogP contribution < -0.4 is 10.6 Å². The minimum atomic E-state index is -0.660. The third kappa shape index (κ3) is 4.29. The molecule has 0 unspecified atom stereocenters. The van der Waals surface area contributed by atoms with E-state index >= 15 is 0 Å². The van der Waals surface area contributed by atoms with Crippen LogP contribution in [0.1, 0.15) is 23.1 Å². The molecule has 0 spiro atoms. The van der Waals surface area contributed by atoms with Crippen LogP contribution in [0.2, 0.25) is 0 Å². The van der Waals surface area contributed by atoms with Crippen molar-refractivity contribution in [3.63, 3.8) is 0 Å². The van der Waals surface area contributed by atoms with Crippen LogP contribution in [0.3, 0.4) is 0 Å². The fraction of sp³-hybridized carbons (Fsp3) is 0.556. The summed E-state index contributed by atoms with van der Waals surface area (Å²) >= 11 is 0. The summed E-state index contributed by atoms with van der Waals surface area (Å²) in [6.07, 6.45) is 0.470. The Kier molecular flexibility index (Phi) is 5.55. The number of hydrogen-bond acceptors (Lipinski definition) is 4. The van der Waals surface area contributed by atoms with Gasteiger partial charge in [0.25, 0.3) is 0 Å². The Morgan fingerprint density at radius 2 is 2.16 bits per heavy atom. The van der Waals surface area contributed by atoms with Gasteiger partial charge in [-0.05, 0) is 23.1 Å². The molecule has 136 valence electrons. The van der Waals surface area contributed by atoms with Crippen LogP contribution in [0, 0.1) is 5.92 Å². The number of carbonyl (C=O) groups excluding carboxylic acids is 2. The van der Waals surface area contributed by atoms with Crippen molar-refractivity contribution in [2.24, 2.45) is 5.92 Å². The summed E-state index contributed by atoms with van der Waals surface area (Å²) in [6, 6.07) is 5.96. The van der Waals surface area contributed by atoms with Crippen LogP contribution in [0.25, 0.3) is 0 Å². The minimum Gasteiger partial charge on any atom is -0.391 e. The number of ether oxygens (including phenoxy) is 1. The largest absolute Gasteiger partial charge is 0.391 e. The molecule has 1 aromatic rings. The molecule has 2 aliphatic heterocycles. The molecule has 2 heterocycles. The maximum absolute atomic E-state index is 12.3. The van der Waals surface area contributed by atoms with Gasteiger partial charge in [0, 0.05) is 39.0 Å². The molecule has 1 saturated heterocycles. The first-order valence-electron chi connectivity index (χ1n) is 8.66. The standard InChI is InChI=1S/C18H25N3O4/c1-19-17(23)7-15-9-21(10-16(15)22)18(24)20-8-12-2-3-14-11-25-5-4-13(14)6-12/h2-3,6,15-16,22H,4-5,7-11H2,1H3,(H,19,23)(H,20,24)/t15-,16-/m1/s1. The Bertz CT molecular complexity index is 649. The Hall–Kier alpha value is -2.12. The molecular formula is C18H25N3O4. The molecule has 3 rings (SSSR count). The second-order valence-corrected chi connectivity index (χ2v) is 6.67. The quantitative estimate of drug-likeness (QED) is 0.735. The lowest BCUT2D eigenvalue weighted by Gasteiger charge is -2.19. The predicted octanol–water partition coefficient (Wildman–Crippen LogP) is 0.398. The zero-order valence-corrected chi connectivity index (χ0v) is 14.5. The maximum atomic E-state index is 12.3. The zero-order chi connectivity index (χ0) is 17.8. The van der Waals surface area contributed by atoms with Gasteiger partial charge in [-0.2, -0.15) is 0 Å². The first-order valence-corrected chi connectivity index (χ1v) is 8.66. The van der Waals surface area contributed by atoms with Crippen LogP contribution in [0.4, 0.5) is 4.79 Å². The molecule has 1 fully saturated rings. The molecule has 0 aromatic heterocycles. The first-order chi connectivity index (χ1) is 12.1. The van der Waals surface area contributed by atoms with Crippen molar-refractivity contribution in [3.05, 3.63) is 34.9 Å². The van der Waals surface area contributed by atoms with E-state index in [1.54, 1.807) is 11.9 Å². The topological polar surface area (TPSA) is 90.9 Å². The van der Waals surface area contributed by atoms with Gasteiger partial charge in [-0.15, -0.1) is 0 Å². The molecule has 1 aromatic carbocycles. The van der Waals surface area contributed by atoms with Crippen molar-refractivity contribution in [2.45, 2.75) is 32.1 Å². The molecule has 2 atom stereocenters. The summed E-state index contributed by atoms with van der Waals surface area (Å²) < 4.78 is 5.43. The normalized spacial score (nSPS) is 22.4. The van der Waals surface area contributed by atoms with E-state index in [1.165, 1.54) is 11.1 Å². The molecule has 0 bridgehead atoms. The fourth-order valence-corrected chi connectivity index (χ4v) is 3.38. The number of aliphatic hydroxyl groups is 1. The van der Waals surface area contributed by atoms with E-state index in [0.29, 0.717) is 19.7 Å². The van der Waals surface area contributed by atoms with Crippen LogP contribution >= 0.6 is 0 Å². The molecule has 0 radical (unpaired) electrons. The van der Waals surface area contributed by atoms with Gasteiger partial charge in [0.05, 0.1) is 19.3 Å². The first kappa shape index (κ1) is 17.7. The lowest BCUT2D eigenvalue weighted by molar-refractivity contribution is -0.122. The summed E-state index contributed by atoms with van der Waals surface area (Å²) in [6.45, 7) is 2.48. The molecule has 0 saturated carbocycles. The summed E-state index contributed by atoms with van der Waals surface area (Å²) in [4.78, 5) is 25.4. The van der Waals surface area contributed by atoms with Crippen molar-refractivity contribution in [3.8, 4) is 0 Å². The molecule has 25 heavy (non-hydrogen) atoms. The van der Waals surface area contributed by atoms with Gasteiger partial charge in [0.2, 0.25) is 5.91 Å². The predicted molar refractivity (Wildman–Crippen MR) is 91.8 cm³/mol. The highest BCUT2D eigenvalue weighted by atomic mass is 16.5. The van der Waals surface area contributed by atoms with Crippen molar-refractivity contribution in [2.75, 3.05) is 26.7 Å². The fourth-order valence-electron chi connectivity index (χ4n) is 3.38. The SMILES string of the molecule is CNC(=O)C[C@@H]1CN(C(=O)NCc2ccc3c(c2)CCOC3)C[C@H]1O. The van der Waals surface area contributed by atoms with E-state index in [0.717, 1.165) is 18.6 Å². The molecule has 0 aliphatic carbocycles. The lowest BCUT2D eigenvalue weighted by atomic mass is 10.0. The van der Waals surface area contributed by atoms with E-state index in [1.807, 2.05) is 6.07 Å². The maximum Gasteiger partial charge on any atom is 0.317 e. The Morgan fingerprint density at radius 1 is 1.32 bits per heavy atom. The number of aliphatic hydroxyl groups excluding tert-OH is 1. The molecule has 7 heteroatoms. The Balaban J connectivity index is 1.52. The van der Waals surface area contributed by atoms with E-state index in [4.69, 9.17) is 4.74 Å². The second kappa shape index (κ2) is 7.84. The highest BCUT2D eigenvalue weighted by Crippen LogP contribution is 2.21. The van der Waals surface area contributed by atoms with Crippen molar-refractivity contribution >= 4 is 11.9 Å². The minimum absolute atomic E-state index is 0.121. The number of likely N-dealkylation sites (tertiary alicyclic amines) is 1. The van der Waals surface area contributed by atoms with Crippen molar-refractivity contribution in [1.82, 2.24) is 15.5 Å². The summed E-state index contributed by atoms with van der Waals surface area (Å²) in [5.74, 6) is -0.334. The number of carbonyl (C=O) groups is 2. The molecule has 3 N–H and O–H groups in total. The monoisotopic (exact) mass is 347 g/mol. The van der Waals surface area contributed by atoms with E-state index in [-0.39, 0.29) is 30.8 Å². The van der Waals surface area contributed by atoms with E-state index in [9.17, 15) is 14.7 Å². The van der Waals surface area contributed by atoms with E-state index in [2.05, 4.69) is 22.8 Å². The van der Waals surface area contributed by atoms with Gasteiger partial charge in [-0.1, -0.05) is 18.2 Å². The lowest BCUT2D eigenvalue weighted by Crippen LogP contribution is -2.38. The Morgan fingerprint density at radius 3 is 2.96 bits per heavy atom. The number of fused-ring (bicyclic) bond motifs is 1. The zero-order valence-electron chi connectivity index (χ0n) is 14.5. The van der Waals surface area contributed by atoms with Gasteiger partial charge in [0.1, 0.15) is 0 Å². The summed E-state index contributed by atoms with van der Waals surface area (Å²) in [5.41, 5.74) is 3.54. The highest BCUT2D eigenvalue weighted by molar-refractivity contribution is 5.77. The number of hydrogen-bond donors (Lipinski definition) is 3. The second-order valence-electron chi connectivity index (χ2n) is 6.67. The van der Waals surface area contributed by atoms with Crippen molar-refractivity contribution < 1.29 is 19.4 Å². The molecule has 2 aliphatic rings. The smallest absolute Gasteiger partial charge is 0.317 e. The summed E-state index contributed by atoms with van der Waals surface area (Å²) in [5, 5.41) is 15.5. The number of rotatable bonds is 4. The third-order valence-corrected chi connectivity index (χ3v) is 4.91. The van der Waals surface area contributed by atoms with E-state index < -0.39 is 6.10 Å². The molecule has 7 nitrogen and oxygen atoms in total. The van der Waals surface area contributed by atoms with Crippen LogP contribution in [0.5, 0.6) is 0 Å². The average Bonchev–Trinajstić information content (AvgIpc) is 3.00. The number of amides is 3. The number of urea groups is 1. The summed E-state index contributed by atoms with van der Waals surface area (Å²) in [7, 11) is 1.57. The van der Waals surface area contributed by atoms with Crippen LogP contribution in [-0.2, 0) is 29.1 Å². The van der Waals surface area contributed by atoms with Crippen LogP contribution in [-0.4, -0.2) is 54.8 Å². The third-order valence-electron chi connectivity index (χ3n) is 4.91.